The second kappa shape index (κ2) is 9.63. The summed E-state index contributed by atoms with van der Waals surface area (Å²) < 4.78 is 36.4. The Morgan fingerprint density at radius 1 is 1.14 bits per heavy atom. The fourth-order valence-corrected chi connectivity index (χ4v) is 1.83. The minimum Gasteiger partial charge on any atom is -0.341 e. The van der Waals surface area contributed by atoms with Gasteiger partial charge in [-0.25, -0.2) is 0 Å². The van der Waals surface area contributed by atoms with Gasteiger partial charge in [0.25, 0.3) is 0 Å². The van der Waals surface area contributed by atoms with E-state index in [4.69, 9.17) is 5.73 Å². The van der Waals surface area contributed by atoms with Crippen molar-refractivity contribution >= 4 is 18.3 Å². The van der Waals surface area contributed by atoms with Crippen LogP contribution in [0.25, 0.3) is 0 Å². The fraction of sp³-hybridized carbons (Fsp3) is 0.500. The molecule has 0 spiro atoms. The van der Waals surface area contributed by atoms with E-state index in [0.29, 0.717) is 13.0 Å². The second-order valence-electron chi connectivity index (χ2n) is 4.52. The molecule has 1 rings (SSSR count). The predicted octanol–water partition coefficient (Wildman–Crippen LogP) is 2.78. The minimum atomic E-state index is -4.30. The molecule has 0 saturated heterocycles. The Balaban J connectivity index is 0.00000400. The van der Waals surface area contributed by atoms with E-state index < -0.39 is 24.9 Å². The lowest BCUT2D eigenvalue weighted by atomic mass is 10.1. The third-order valence-corrected chi connectivity index (χ3v) is 2.89. The average molecular weight is 325 g/mol. The van der Waals surface area contributed by atoms with E-state index in [9.17, 15) is 18.0 Å². The van der Waals surface area contributed by atoms with Gasteiger partial charge in [0.05, 0.1) is 6.42 Å². The average Bonchev–Trinajstić information content (AvgIpc) is 2.41. The Morgan fingerprint density at radius 3 is 2.29 bits per heavy atom. The standard InChI is InChI=1S/C14H19F3N2O.ClH/c15-14(16,17)8-6-13(20)19(11-9-18)10-7-12-4-2-1-3-5-12;/h1-5H,6-11,18H2;1H. The van der Waals surface area contributed by atoms with Gasteiger partial charge in [-0.05, 0) is 12.0 Å². The van der Waals surface area contributed by atoms with E-state index in [1.807, 2.05) is 30.3 Å². The van der Waals surface area contributed by atoms with Crippen LogP contribution in [0.4, 0.5) is 13.2 Å². The van der Waals surface area contributed by atoms with Gasteiger partial charge in [-0.15, -0.1) is 12.4 Å². The first-order valence-corrected chi connectivity index (χ1v) is 6.51. The van der Waals surface area contributed by atoms with Gasteiger partial charge in [0.1, 0.15) is 0 Å². The summed E-state index contributed by atoms with van der Waals surface area (Å²) >= 11 is 0. The summed E-state index contributed by atoms with van der Waals surface area (Å²) in [5, 5.41) is 0. The molecule has 0 saturated carbocycles. The van der Waals surface area contributed by atoms with Crippen LogP contribution in [-0.4, -0.2) is 36.6 Å². The third-order valence-electron chi connectivity index (χ3n) is 2.89. The highest BCUT2D eigenvalue weighted by Crippen LogP contribution is 2.21. The van der Waals surface area contributed by atoms with Crippen LogP contribution in [-0.2, 0) is 11.2 Å². The molecule has 120 valence electrons. The molecule has 1 amide bonds. The monoisotopic (exact) mass is 324 g/mol. The first-order chi connectivity index (χ1) is 9.42. The Hall–Kier alpha value is -1.27. The van der Waals surface area contributed by atoms with Crippen molar-refractivity contribution in [2.45, 2.75) is 25.4 Å². The van der Waals surface area contributed by atoms with Gasteiger partial charge in [0, 0.05) is 26.1 Å². The number of carbonyl (C=O) groups excluding carboxylic acids is 1. The maximum Gasteiger partial charge on any atom is 0.389 e. The third kappa shape index (κ3) is 8.57. The van der Waals surface area contributed by atoms with Crippen molar-refractivity contribution in [3.8, 4) is 0 Å². The van der Waals surface area contributed by atoms with Gasteiger partial charge in [-0.2, -0.15) is 13.2 Å². The molecule has 3 nitrogen and oxygen atoms in total. The smallest absolute Gasteiger partial charge is 0.341 e. The number of amides is 1. The summed E-state index contributed by atoms with van der Waals surface area (Å²) in [6.07, 6.45) is -5.29. The molecule has 0 aliphatic carbocycles. The highest BCUT2D eigenvalue weighted by Gasteiger charge is 2.29. The Morgan fingerprint density at radius 2 is 1.76 bits per heavy atom. The number of alkyl halides is 3. The summed E-state index contributed by atoms with van der Waals surface area (Å²) in [6, 6.07) is 9.49. The van der Waals surface area contributed by atoms with Gasteiger partial charge in [0.15, 0.2) is 0 Å². The number of nitrogens with two attached hydrogens (primary N) is 1. The highest BCUT2D eigenvalue weighted by molar-refractivity contribution is 5.85. The number of benzene rings is 1. The number of rotatable bonds is 7. The Kier molecular flexibility index (Phi) is 9.05. The minimum absolute atomic E-state index is 0. The molecular formula is C14H20ClF3N2O. The van der Waals surface area contributed by atoms with E-state index in [1.54, 1.807) is 0 Å². The molecule has 2 N–H and O–H groups in total. The van der Waals surface area contributed by atoms with E-state index in [0.717, 1.165) is 5.56 Å². The lowest BCUT2D eigenvalue weighted by molar-refractivity contribution is -0.149. The second-order valence-corrected chi connectivity index (χ2v) is 4.52. The summed E-state index contributed by atoms with van der Waals surface area (Å²) in [4.78, 5) is 13.2. The number of hydrogen-bond donors (Lipinski definition) is 1. The molecule has 0 aliphatic heterocycles. The maximum atomic E-state index is 12.1. The van der Waals surface area contributed by atoms with Gasteiger partial charge in [-0.1, -0.05) is 30.3 Å². The molecule has 21 heavy (non-hydrogen) atoms. The van der Waals surface area contributed by atoms with Crippen molar-refractivity contribution in [3.63, 3.8) is 0 Å². The maximum absolute atomic E-state index is 12.1. The van der Waals surface area contributed by atoms with E-state index in [-0.39, 0.29) is 25.5 Å². The van der Waals surface area contributed by atoms with Crippen LogP contribution in [0.2, 0.25) is 0 Å². The van der Waals surface area contributed by atoms with Gasteiger partial charge >= 0.3 is 6.18 Å². The molecule has 1 aromatic carbocycles. The molecule has 0 radical (unpaired) electrons. The lowest BCUT2D eigenvalue weighted by Crippen LogP contribution is -2.37. The fourth-order valence-electron chi connectivity index (χ4n) is 1.83. The van der Waals surface area contributed by atoms with Crippen molar-refractivity contribution in [2.24, 2.45) is 5.73 Å². The van der Waals surface area contributed by atoms with E-state index in [2.05, 4.69) is 0 Å². The van der Waals surface area contributed by atoms with Gasteiger partial charge in [-0.3, -0.25) is 4.79 Å². The van der Waals surface area contributed by atoms with Gasteiger partial charge in [0.2, 0.25) is 5.91 Å². The summed E-state index contributed by atoms with van der Waals surface area (Å²) in [7, 11) is 0. The van der Waals surface area contributed by atoms with Crippen LogP contribution >= 0.6 is 12.4 Å². The quantitative estimate of drug-likeness (QED) is 0.838. The number of hydrogen-bond acceptors (Lipinski definition) is 2. The van der Waals surface area contributed by atoms with E-state index in [1.165, 1.54) is 4.90 Å². The summed E-state index contributed by atoms with van der Waals surface area (Å²) in [6.45, 7) is 0.911. The SMILES string of the molecule is Cl.NCCN(CCc1ccccc1)C(=O)CCC(F)(F)F. The summed E-state index contributed by atoms with van der Waals surface area (Å²) in [5.74, 6) is -0.497. The largest absolute Gasteiger partial charge is 0.389 e. The van der Waals surface area contributed by atoms with Crippen molar-refractivity contribution in [1.29, 1.82) is 0 Å². The molecule has 0 unspecified atom stereocenters. The molecule has 0 bridgehead atoms. The van der Waals surface area contributed by atoms with Crippen LogP contribution in [0.1, 0.15) is 18.4 Å². The highest BCUT2D eigenvalue weighted by atomic mass is 35.5. The topological polar surface area (TPSA) is 46.3 Å². The number of carbonyl (C=O) groups is 1. The zero-order chi connectivity index (χ0) is 15.0. The van der Waals surface area contributed by atoms with Crippen molar-refractivity contribution in [2.75, 3.05) is 19.6 Å². The molecule has 0 atom stereocenters. The number of halogens is 4. The van der Waals surface area contributed by atoms with Crippen molar-refractivity contribution < 1.29 is 18.0 Å². The Bertz CT molecular complexity index is 412. The summed E-state index contributed by atoms with van der Waals surface area (Å²) in [5.41, 5.74) is 6.44. The van der Waals surface area contributed by atoms with Crippen LogP contribution in [0.15, 0.2) is 30.3 Å². The zero-order valence-electron chi connectivity index (χ0n) is 11.6. The lowest BCUT2D eigenvalue weighted by Gasteiger charge is -2.22. The van der Waals surface area contributed by atoms with Crippen LogP contribution in [0.5, 0.6) is 0 Å². The molecule has 7 heteroatoms. The molecule has 0 heterocycles. The van der Waals surface area contributed by atoms with Gasteiger partial charge < -0.3 is 10.6 Å². The van der Waals surface area contributed by atoms with Crippen LogP contribution in [0, 0.1) is 0 Å². The van der Waals surface area contributed by atoms with Crippen molar-refractivity contribution in [1.82, 2.24) is 4.90 Å². The predicted molar refractivity (Wildman–Crippen MR) is 78.3 cm³/mol. The normalized spacial score (nSPS) is 10.9. The first-order valence-electron chi connectivity index (χ1n) is 6.51. The molecule has 1 aromatic rings. The zero-order valence-corrected chi connectivity index (χ0v) is 12.4. The van der Waals surface area contributed by atoms with Crippen LogP contribution < -0.4 is 5.73 Å². The molecule has 0 aromatic heterocycles. The Labute approximate surface area is 128 Å². The molecular weight excluding hydrogens is 305 g/mol. The number of nitrogens with zero attached hydrogens (tertiary/aromatic N) is 1. The van der Waals surface area contributed by atoms with Crippen LogP contribution in [0.3, 0.4) is 0 Å². The molecule has 0 aliphatic rings. The first kappa shape index (κ1) is 19.7. The van der Waals surface area contributed by atoms with E-state index >= 15 is 0 Å². The van der Waals surface area contributed by atoms with Crippen molar-refractivity contribution in [3.05, 3.63) is 35.9 Å². The molecule has 0 fully saturated rings.